The van der Waals surface area contributed by atoms with Crippen molar-refractivity contribution in [3.63, 3.8) is 0 Å². The van der Waals surface area contributed by atoms with Gasteiger partial charge in [-0.25, -0.2) is 8.42 Å². The van der Waals surface area contributed by atoms with E-state index in [1.165, 1.54) is 0 Å². The lowest BCUT2D eigenvalue weighted by Crippen LogP contribution is -1.58. The molecule has 1 heterocycles. The molecule has 4 heteroatoms. The van der Waals surface area contributed by atoms with E-state index in [9.17, 15) is 8.42 Å². The van der Waals surface area contributed by atoms with Crippen LogP contribution in [0.3, 0.4) is 0 Å². The number of hydrogen-bond donors (Lipinski definition) is 0. The van der Waals surface area contributed by atoms with Crippen LogP contribution in [0.4, 0.5) is 0 Å². The van der Waals surface area contributed by atoms with Crippen LogP contribution in [0.1, 0.15) is 0 Å². The molecule has 0 aromatic rings. The summed E-state index contributed by atoms with van der Waals surface area (Å²) in [6, 6.07) is 0. The molecule has 1 aliphatic rings. The maximum atomic E-state index is 9.71. The molecule has 0 amide bonds. The van der Waals surface area contributed by atoms with Crippen molar-refractivity contribution in [2.45, 2.75) is 0 Å². The van der Waals surface area contributed by atoms with E-state index in [0.29, 0.717) is 5.08 Å². The Morgan fingerprint density at radius 3 is 1.80 bits per heavy atom. The van der Waals surface area contributed by atoms with Gasteiger partial charge in [0.1, 0.15) is 5.08 Å². The second kappa shape index (κ2) is 0.680. The average Bonchev–Trinajstić information content (AvgIpc) is 1.76. The van der Waals surface area contributed by atoms with Crippen molar-refractivity contribution in [3.8, 4) is 0 Å². The molecule has 0 saturated carbocycles. The summed E-state index contributed by atoms with van der Waals surface area (Å²) in [5.41, 5.74) is 0. The second-order valence-electron chi connectivity index (χ2n) is 0.793. The minimum Gasteiger partial charge on any atom is -0.217 e. The summed E-state index contributed by atoms with van der Waals surface area (Å²) in [6.45, 7) is 0. The molecule has 1 saturated heterocycles. The Morgan fingerprint density at radius 2 is 1.80 bits per heavy atom. The predicted molar refractivity (Wildman–Crippen MR) is 21.4 cm³/mol. The van der Waals surface area contributed by atoms with Crippen LogP contribution in [0.2, 0.25) is 0 Å². The Bertz CT molecular complexity index is 111. The van der Waals surface area contributed by atoms with Crippen molar-refractivity contribution in [1.29, 1.82) is 0 Å². The maximum Gasteiger partial charge on any atom is 0.212 e. The van der Waals surface area contributed by atoms with Gasteiger partial charge in [0.05, 0.1) is 0 Å². The largest absolute Gasteiger partial charge is 0.217 e. The average molecular weight is 110 g/mol. The molecular weight excluding hydrogens is 108 g/mol. The molecule has 2 nitrogen and oxygen atoms in total. The van der Waals surface area contributed by atoms with Crippen molar-refractivity contribution in [2.75, 3.05) is 5.08 Å². The molecule has 5 heavy (non-hydrogen) atoms. The Morgan fingerprint density at radius 1 is 1.60 bits per heavy atom. The Balaban J connectivity index is 3.15. The van der Waals surface area contributed by atoms with Crippen LogP contribution in [-0.4, -0.2) is 13.5 Å². The van der Waals surface area contributed by atoms with E-state index in [0.717, 1.165) is 10.8 Å². The fourth-order valence-corrected chi connectivity index (χ4v) is 1.06. The molecule has 0 aliphatic carbocycles. The molecular formula is CH2O2S2. The summed E-state index contributed by atoms with van der Waals surface area (Å²) in [6.07, 6.45) is 0. The quantitative estimate of drug-likeness (QED) is 0.325. The summed E-state index contributed by atoms with van der Waals surface area (Å²) >= 11 is 0. The monoisotopic (exact) mass is 110 g/mol. The molecule has 0 atom stereocenters. The minimum absolute atomic E-state index is 0.340. The standard InChI is InChI=1S/CH2O2S2/c2-5(3)1-4-5/h1H2. The zero-order valence-electron chi connectivity index (χ0n) is 2.34. The summed E-state index contributed by atoms with van der Waals surface area (Å²) < 4.78 is 19.4. The van der Waals surface area contributed by atoms with Gasteiger partial charge in [-0.1, -0.05) is 0 Å². The van der Waals surface area contributed by atoms with Crippen molar-refractivity contribution in [3.05, 3.63) is 0 Å². The second-order valence-corrected chi connectivity index (χ2v) is 5.32. The van der Waals surface area contributed by atoms with Gasteiger partial charge in [0.25, 0.3) is 0 Å². The number of rotatable bonds is 0. The summed E-state index contributed by atoms with van der Waals surface area (Å²) in [4.78, 5) is 0. The lowest BCUT2D eigenvalue weighted by molar-refractivity contribution is 0.618. The SMILES string of the molecule is O=S1(=O)CS1. The zero-order chi connectivity index (χ0) is 3.91. The van der Waals surface area contributed by atoms with Gasteiger partial charge in [0.15, 0.2) is 0 Å². The zero-order valence-corrected chi connectivity index (χ0v) is 3.97. The highest BCUT2D eigenvalue weighted by Crippen LogP contribution is 2.31. The van der Waals surface area contributed by atoms with E-state index in [1.54, 1.807) is 0 Å². The summed E-state index contributed by atoms with van der Waals surface area (Å²) in [5, 5.41) is 0.340. The molecule has 1 aliphatic heterocycles. The topological polar surface area (TPSA) is 34.1 Å². The third kappa shape index (κ3) is 0.810. The fraction of sp³-hybridized carbons (Fsp3) is 1.00. The Kier molecular flexibility index (Phi) is 0.474. The Hall–Kier alpha value is 0.300. The van der Waals surface area contributed by atoms with E-state index in [1.807, 2.05) is 0 Å². The van der Waals surface area contributed by atoms with E-state index >= 15 is 0 Å². The van der Waals surface area contributed by atoms with Crippen LogP contribution in [0.5, 0.6) is 0 Å². The highest BCUT2D eigenvalue weighted by Gasteiger charge is 2.27. The highest BCUT2D eigenvalue weighted by molar-refractivity contribution is 8.87. The smallest absolute Gasteiger partial charge is 0.212 e. The molecule has 0 radical (unpaired) electrons. The third-order valence-corrected chi connectivity index (χ3v) is 2.79. The predicted octanol–water partition coefficient (Wildman–Crippen LogP) is 0.0205. The lowest BCUT2D eigenvalue weighted by atomic mass is 11.9. The summed E-state index contributed by atoms with van der Waals surface area (Å²) in [5.74, 6) is 0. The van der Waals surface area contributed by atoms with Gasteiger partial charge in [-0.2, -0.15) is 0 Å². The molecule has 1 fully saturated rings. The van der Waals surface area contributed by atoms with Crippen LogP contribution in [-0.2, 0) is 8.87 Å². The van der Waals surface area contributed by atoms with Gasteiger partial charge >= 0.3 is 0 Å². The van der Waals surface area contributed by atoms with Gasteiger partial charge < -0.3 is 0 Å². The van der Waals surface area contributed by atoms with Crippen LogP contribution in [0.25, 0.3) is 0 Å². The first-order valence-electron chi connectivity index (χ1n) is 1.08. The molecule has 0 aromatic heterocycles. The first kappa shape index (κ1) is 3.49. The van der Waals surface area contributed by atoms with Gasteiger partial charge in [0.2, 0.25) is 8.87 Å². The summed E-state index contributed by atoms with van der Waals surface area (Å²) in [7, 11) is -1.50. The lowest BCUT2D eigenvalue weighted by Gasteiger charge is -1.42. The van der Waals surface area contributed by atoms with E-state index < -0.39 is 8.87 Å². The van der Waals surface area contributed by atoms with Crippen LogP contribution >= 0.6 is 10.8 Å². The first-order valence-corrected chi connectivity index (χ1v) is 4.23. The van der Waals surface area contributed by atoms with Gasteiger partial charge in [-0.05, 0) is 10.8 Å². The van der Waals surface area contributed by atoms with Crippen molar-refractivity contribution < 1.29 is 8.42 Å². The normalized spacial score (nSPS) is 29.6. The molecule has 30 valence electrons. The fourth-order valence-electron chi connectivity index (χ4n) is 0.0393. The molecule has 1 rings (SSSR count). The van der Waals surface area contributed by atoms with E-state index in [2.05, 4.69) is 0 Å². The Labute approximate surface area is 33.9 Å². The van der Waals surface area contributed by atoms with Gasteiger partial charge in [-0.15, -0.1) is 0 Å². The first-order chi connectivity index (χ1) is 2.21. The third-order valence-electron chi connectivity index (χ3n) is 0.310. The van der Waals surface area contributed by atoms with Gasteiger partial charge in [0, 0.05) is 0 Å². The minimum atomic E-state index is -2.50. The molecule has 0 spiro atoms. The van der Waals surface area contributed by atoms with Crippen molar-refractivity contribution >= 4 is 19.7 Å². The van der Waals surface area contributed by atoms with Crippen molar-refractivity contribution in [1.82, 2.24) is 0 Å². The molecule has 0 aromatic carbocycles. The van der Waals surface area contributed by atoms with Crippen molar-refractivity contribution in [2.24, 2.45) is 0 Å². The maximum absolute atomic E-state index is 9.71. The molecule has 0 bridgehead atoms. The van der Waals surface area contributed by atoms with Gasteiger partial charge in [-0.3, -0.25) is 0 Å². The van der Waals surface area contributed by atoms with Crippen LogP contribution < -0.4 is 0 Å². The van der Waals surface area contributed by atoms with E-state index in [-0.39, 0.29) is 0 Å². The van der Waals surface area contributed by atoms with Crippen LogP contribution in [0, 0.1) is 0 Å². The van der Waals surface area contributed by atoms with Crippen LogP contribution in [0.15, 0.2) is 0 Å². The molecule has 0 N–H and O–H groups in total. The molecule has 0 unspecified atom stereocenters. The van der Waals surface area contributed by atoms with E-state index in [4.69, 9.17) is 0 Å². The highest BCUT2D eigenvalue weighted by atomic mass is 33.2. The number of hydrogen-bond acceptors (Lipinski definition) is 3.